The number of hydrogen-bond acceptors (Lipinski definition) is 4. The van der Waals surface area contributed by atoms with Crippen molar-refractivity contribution in [2.75, 3.05) is 5.88 Å². The van der Waals surface area contributed by atoms with Crippen molar-refractivity contribution in [1.82, 2.24) is 4.98 Å². The highest BCUT2D eigenvalue weighted by Crippen LogP contribution is 2.45. The van der Waals surface area contributed by atoms with Gasteiger partial charge in [-0.3, -0.25) is 0 Å². The first-order valence-corrected chi connectivity index (χ1v) is 18.5. The van der Waals surface area contributed by atoms with Gasteiger partial charge in [0.15, 0.2) is 0 Å². The van der Waals surface area contributed by atoms with E-state index in [9.17, 15) is 4.79 Å². The van der Waals surface area contributed by atoms with E-state index in [-0.39, 0.29) is 11.0 Å². The molecule has 0 aliphatic carbocycles. The van der Waals surface area contributed by atoms with Gasteiger partial charge < -0.3 is 9.47 Å². The van der Waals surface area contributed by atoms with Crippen LogP contribution in [-0.2, 0) is 12.8 Å². The molecule has 3 rings (SSSR count). The third kappa shape index (κ3) is 11.5. The Kier molecular flexibility index (Phi) is 15.0. The van der Waals surface area contributed by atoms with E-state index in [0.29, 0.717) is 17.3 Å². The van der Waals surface area contributed by atoms with Crippen molar-refractivity contribution in [2.45, 2.75) is 150 Å². The Labute approximate surface area is 284 Å². The van der Waals surface area contributed by atoms with E-state index >= 15 is 0 Å². The molecule has 252 valence electrons. The predicted octanol–water partition coefficient (Wildman–Crippen LogP) is 11.5. The van der Waals surface area contributed by atoms with Gasteiger partial charge in [0.1, 0.15) is 22.8 Å². The second kappa shape index (κ2) is 17.9. The number of fused-ring (bicyclic) bond motifs is 1. The van der Waals surface area contributed by atoms with Gasteiger partial charge in [0.25, 0.3) is 0 Å². The Bertz CT molecular complexity index is 1230. The third-order valence-corrected chi connectivity index (χ3v) is 10.9. The van der Waals surface area contributed by atoms with Crippen LogP contribution in [0, 0.1) is 38.5 Å². The molecule has 0 saturated heterocycles. The summed E-state index contributed by atoms with van der Waals surface area (Å²) in [4.78, 5) is 17.5. The number of nitrogens with zero attached hydrogens (tertiary/aromatic N) is 1. The number of esters is 1. The monoisotopic (exact) mass is 659 g/mol. The number of ether oxygens (including phenoxy) is 2. The zero-order chi connectivity index (χ0) is 33.1. The summed E-state index contributed by atoms with van der Waals surface area (Å²) in [5, 5.41) is -0.0713. The number of aryl methyl sites for hydroxylation is 1. The minimum absolute atomic E-state index is 0.0713. The Morgan fingerprint density at radius 3 is 2.18 bits per heavy atom. The number of halogens is 2. The van der Waals surface area contributed by atoms with Crippen LogP contribution in [0.4, 0.5) is 0 Å². The number of carbonyl (C=O) groups is 1. The molecule has 4 unspecified atom stereocenters. The molecule has 1 aromatic carbocycles. The van der Waals surface area contributed by atoms with Crippen molar-refractivity contribution in [3.63, 3.8) is 0 Å². The summed E-state index contributed by atoms with van der Waals surface area (Å²) in [5.74, 6) is 4.02. The number of alkyl halides is 2. The van der Waals surface area contributed by atoms with Gasteiger partial charge in [0, 0.05) is 23.0 Å². The SMILES string of the molecule is Cc1c(C)c2c(c(C)c1OC(=O)c1ccc(CCC(Cl)CCl)cn1)CCC(C)(CCCC(C)CCCC(C)CCCC(C)C)O2. The van der Waals surface area contributed by atoms with Crippen molar-refractivity contribution >= 4 is 29.2 Å². The largest absolute Gasteiger partial charge is 0.487 e. The summed E-state index contributed by atoms with van der Waals surface area (Å²) in [6.07, 6.45) is 16.8. The lowest BCUT2D eigenvalue weighted by Gasteiger charge is -2.38. The lowest BCUT2D eigenvalue weighted by Crippen LogP contribution is -2.37. The minimum Gasteiger partial charge on any atom is -0.487 e. The topological polar surface area (TPSA) is 48.4 Å². The van der Waals surface area contributed by atoms with Crippen molar-refractivity contribution in [2.24, 2.45) is 17.8 Å². The zero-order valence-corrected chi connectivity index (χ0v) is 30.9. The maximum Gasteiger partial charge on any atom is 0.362 e. The zero-order valence-electron chi connectivity index (χ0n) is 29.4. The summed E-state index contributed by atoms with van der Waals surface area (Å²) in [6, 6.07) is 3.63. The van der Waals surface area contributed by atoms with Gasteiger partial charge in [0.2, 0.25) is 0 Å². The minimum atomic E-state index is -0.445. The number of rotatable bonds is 18. The third-order valence-electron chi connectivity index (χ3n) is 9.98. The molecule has 0 amide bonds. The summed E-state index contributed by atoms with van der Waals surface area (Å²) in [5.41, 5.74) is 5.29. The van der Waals surface area contributed by atoms with Gasteiger partial charge in [-0.05, 0) is 112 Å². The molecule has 0 saturated carbocycles. The van der Waals surface area contributed by atoms with Gasteiger partial charge in [-0.2, -0.15) is 0 Å². The highest BCUT2D eigenvalue weighted by Gasteiger charge is 2.35. The predicted molar refractivity (Wildman–Crippen MR) is 191 cm³/mol. The molecule has 4 nitrogen and oxygen atoms in total. The molecular weight excluding hydrogens is 601 g/mol. The van der Waals surface area contributed by atoms with E-state index in [2.05, 4.69) is 46.5 Å². The standard InChI is InChI=1S/C39H59Cl2NO3/c1-26(2)12-9-13-27(3)14-10-15-28(4)16-11-22-39(8)23-21-34-31(7)36(29(5)30(6)37(34)45-39)44-38(43)35-20-18-32(25-42-35)17-19-33(41)24-40/h18,20,25-28,33H,9-17,19,21-24H2,1-8H3. The van der Waals surface area contributed by atoms with Crippen molar-refractivity contribution < 1.29 is 14.3 Å². The van der Waals surface area contributed by atoms with Gasteiger partial charge >= 0.3 is 5.97 Å². The van der Waals surface area contributed by atoms with E-state index in [1.807, 2.05) is 19.9 Å². The molecule has 0 spiro atoms. The van der Waals surface area contributed by atoms with Crippen molar-refractivity contribution in [1.29, 1.82) is 0 Å². The van der Waals surface area contributed by atoms with Crippen molar-refractivity contribution in [3.05, 3.63) is 51.8 Å². The molecule has 4 atom stereocenters. The molecule has 6 heteroatoms. The van der Waals surface area contributed by atoms with Crippen LogP contribution in [0.5, 0.6) is 11.5 Å². The van der Waals surface area contributed by atoms with E-state index in [1.54, 1.807) is 12.3 Å². The van der Waals surface area contributed by atoms with Crippen LogP contribution >= 0.6 is 23.2 Å². The number of pyridine rings is 1. The molecule has 0 N–H and O–H groups in total. The summed E-state index contributed by atoms with van der Waals surface area (Å²) < 4.78 is 12.8. The van der Waals surface area contributed by atoms with E-state index in [1.165, 1.54) is 51.4 Å². The van der Waals surface area contributed by atoms with Gasteiger partial charge in [-0.15, -0.1) is 23.2 Å². The first kappa shape index (κ1) is 37.7. The quantitative estimate of drug-likeness (QED) is 0.0907. The Morgan fingerprint density at radius 2 is 1.58 bits per heavy atom. The molecule has 0 fully saturated rings. The smallest absolute Gasteiger partial charge is 0.362 e. The molecule has 1 aliphatic heterocycles. The number of carbonyl (C=O) groups excluding carboxylic acids is 1. The van der Waals surface area contributed by atoms with E-state index < -0.39 is 5.97 Å². The Hall–Kier alpha value is -1.78. The van der Waals surface area contributed by atoms with Crippen LogP contribution in [-0.4, -0.2) is 27.8 Å². The summed E-state index contributed by atoms with van der Waals surface area (Å²) in [7, 11) is 0. The Balaban J connectivity index is 1.53. The molecule has 1 aliphatic rings. The van der Waals surface area contributed by atoms with Gasteiger partial charge in [-0.25, -0.2) is 9.78 Å². The van der Waals surface area contributed by atoms with Crippen LogP contribution in [0.1, 0.15) is 144 Å². The van der Waals surface area contributed by atoms with Crippen LogP contribution in [0.25, 0.3) is 0 Å². The van der Waals surface area contributed by atoms with Crippen LogP contribution in [0.2, 0.25) is 0 Å². The first-order valence-electron chi connectivity index (χ1n) is 17.5. The molecule has 45 heavy (non-hydrogen) atoms. The van der Waals surface area contributed by atoms with Crippen LogP contribution < -0.4 is 9.47 Å². The highest BCUT2D eigenvalue weighted by molar-refractivity contribution is 6.28. The summed E-state index contributed by atoms with van der Waals surface area (Å²) in [6.45, 7) is 17.9. The summed E-state index contributed by atoms with van der Waals surface area (Å²) >= 11 is 11.9. The normalized spacial score (nSPS) is 18.3. The second-order valence-electron chi connectivity index (χ2n) is 14.7. The van der Waals surface area contributed by atoms with E-state index in [0.717, 1.165) is 83.4 Å². The lowest BCUT2D eigenvalue weighted by molar-refractivity contribution is 0.0508. The van der Waals surface area contributed by atoms with Gasteiger partial charge in [-0.1, -0.05) is 78.7 Å². The van der Waals surface area contributed by atoms with Crippen LogP contribution in [0.3, 0.4) is 0 Å². The average Bonchev–Trinajstić information content (AvgIpc) is 3.00. The lowest BCUT2D eigenvalue weighted by atomic mass is 9.83. The van der Waals surface area contributed by atoms with Gasteiger partial charge in [0.05, 0.1) is 0 Å². The molecule has 1 aromatic heterocycles. The average molecular weight is 661 g/mol. The fourth-order valence-electron chi connectivity index (χ4n) is 6.65. The molecule has 0 bridgehead atoms. The number of aromatic nitrogens is 1. The second-order valence-corrected chi connectivity index (χ2v) is 15.6. The fraction of sp³-hybridized carbons (Fsp3) is 0.692. The maximum absolute atomic E-state index is 13.1. The Morgan fingerprint density at radius 1 is 0.933 bits per heavy atom. The highest BCUT2D eigenvalue weighted by atomic mass is 35.5. The maximum atomic E-state index is 13.1. The fourth-order valence-corrected chi connectivity index (χ4v) is 6.92. The molecular formula is C39H59Cl2NO3. The van der Waals surface area contributed by atoms with Crippen molar-refractivity contribution in [3.8, 4) is 11.5 Å². The first-order chi connectivity index (χ1) is 21.3. The van der Waals surface area contributed by atoms with E-state index in [4.69, 9.17) is 32.7 Å². The number of hydrogen-bond donors (Lipinski definition) is 0. The number of benzene rings is 1. The molecule has 2 aromatic rings. The molecule has 0 radical (unpaired) electrons. The molecule has 2 heterocycles. The van der Waals surface area contributed by atoms with Crippen LogP contribution in [0.15, 0.2) is 18.3 Å².